The van der Waals surface area contributed by atoms with Crippen molar-refractivity contribution in [3.8, 4) is 0 Å². The summed E-state index contributed by atoms with van der Waals surface area (Å²) in [5.41, 5.74) is 0. The molecule has 1 aliphatic rings. The molecule has 2 heterocycles. The Morgan fingerprint density at radius 3 is 2.79 bits per heavy atom. The summed E-state index contributed by atoms with van der Waals surface area (Å²) in [5, 5.41) is 0. The van der Waals surface area contributed by atoms with Crippen LogP contribution in [0, 0.1) is 0 Å². The number of rotatable bonds is 0. The number of nitrogens with zero attached hydrogens (tertiary/aromatic N) is 3. The molecule has 0 bridgehead atoms. The van der Waals surface area contributed by atoms with Crippen molar-refractivity contribution in [1.29, 1.82) is 0 Å². The van der Waals surface area contributed by atoms with Crippen LogP contribution in [-0.4, -0.2) is 28.8 Å². The zero-order valence-corrected chi connectivity index (χ0v) is 7.36. The number of imidazole rings is 1. The Morgan fingerprint density at radius 1 is 1.43 bits per heavy atom. The molecule has 1 unspecified atom stereocenters. The Morgan fingerprint density at radius 2 is 2.14 bits per heavy atom. The van der Waals surface area contributed by atoms with Crippen molar-refractivity contribution in [2.45, 2.75) is 12.2 Å². The molecule has 0 radical (unpaired) electrons. The lowest BCUT2D eigenvalue weighted by atomic mass is 10.2. The predicted molar refractivity (Wildman–Crippen MR) is 45.8 cm³/mol. The molecule has 6 heteroatoms. The molecule has 0 spiro atoms. The van der Waals surface area contributed by atoms with Crippen LogP contribution in [0.15, 0.2) is 18.6 Å². The molecule has 3 nitrogen and oxygen atoms in total. The van der Waals surface area contributed by atoms with Gasteiger partial charge in [-0.2, -0.15) is 13.2 Å². The Kier molecular flexibility index (Phi) is 1.80. The van der Waals surface area contributed by atoms with Crippen LogP contribution in [-0.2, 0) is 0 Å². The predicted octanol–water partition coefficient (Wildman–Crippen LogP) is 1.73. The minimum absolute atomic E-state index is 0.440. The molecule has 0 fully saturated rings. The maximum atomic E-state index is 12.5. The molecular weight excluding hydrogens is 195 g/mol. The maximum absolute atomic E-state index is 12.5. The summed E-state index contributed by atoms with van der Waals surface area (Å²) in [6.07, 6.45) is 1.10. The van der Waals surface area contributed by atoms with E-state index in [-0.39, 0.29) is 0 Å². The summed E-state index contributed by atoms with van der Waals surface area (Å²) in [6, 6.07) is -1.56. The molecule has 0 aliphatic carbocycles. The number of aromatic nitrogens is 2. The molecule has 0 N–H and O–H groups in total. The first-order valence-corrected chi connectivity index (χ1v) is 4.00. The highest BCUT2D eigenvalue weighted by Crippen LogP contribution is 2.31. The average molecular weight is 203 g/mol. The van der Waals surface area contributed by atoms with E-state index in [9.17, 15) is 13.2 Å². The highest BCUT2D eigenvalue weighted by atomic mass is 19.4. The van der Waals surface area contributed by atoms with Gasteiger partial charge >= 0.3 is 6.18 Å². The standard InChI is InChI=1S/C8H8F3N3/c1-13-6(8(9,10)11)2-3-14-5-12-4-7(13)14/h2-6H,1H3. The molecule has 0 saturated heterocycles. The van der Waals surface area contributed by atoms with E-state index >= 15 is 0 Å². The van der Waals surface area contributed by atoms with Gasteiger partial charge in [-0.1, -0.05) is 0 Å². The topological polar surface area (TPSA) is 21.1 Å². The molecule has 1 aliphatic heterocycles. The Hall–Kier alpha value is -1.46. The third-order valence-corrected chi connectivity index (χ3v) is 2.19. The normalized spacial score (nSPS) is 21.1. The van der Waals surface area contributed by atoms with Crippen LogP contribution < -0.4 is 4.90 Å². The van der Waals surface area contributed by atoms with Crippen molar-refractivity contribution < 1.29 is 13.2 Å². The van der Waals surface area contributed by atoms with E-state index in [1.165, 1.54) is 25.8 Å². The van der Waals surface area contributed by atoms with Crippen LogP contribution in [0.1, 0.15) is 0 Å². The highest BCUT2D eigenvalue weighted by Gasteiger charge is 2.42. The molecule has 1 aromatic heterocycles. The first-order valence-electron chi connectivity index (χ1n) is 4.00. The molecular formula is C8H8F3N3. The molecule has 1 atom stereocenters. The largest absolute Gasteiger partial charge is 0.412 e. The van der Waals surface area contributed by atoms with Gasteiger partial charge in [0.15, 0.2) is 0 Å². The van der Waals surface area contributed by atoms with Gasteiger partial charge in [0.25, 0.3) is 0 Å². The van der Waals surface area contributed by atoms with Gasteiger partial charge in [0.1, 0.15) is 18.2 Å². The molecule has 0 amide bonds. The fourth-order valence-electron chi connectivity index (χ4n) is 1.46. The summed E-state index contributed by atoms with van der Waals surface area (Å²) in [6.45, 7) is 0. The van der Waals surface area contributed by atoms with Crippen molar-refractivity contribution in [2.24, 2.45) is 0 Å². The first kappa shape index (κ1) is 9.11. The van der Waals surface area contributed by atoms with Gasteiger partial charge in [-0.05, 0) is 6.08 Å². The Balaban J connectivity index is 2.38. The van der Waals surface area contributed by atoms with Crippen LogP contribution in [0.4, 0.5) is 19.0 Å². The lowest BCUT2D eigenvalue weighted by molar-refractivity contribution is -0.137. The summed E-state index contributed by atoms with van der Waals surface area (Å²) in [7, 11) is 1.40. The summed E-state index contributed by atoms with van der Waals surface area (Å²) in [4.78, 5) is 4.92. The SMILES string of the molecule is CN1c2cncn2C=CC1C(F)(F)F. The second kappa shape index (κ2) is 2.76. The molecule has 14 heavy (non-hydrogen) atoms. The van der Waals surface area contributed by atoms with Gasteiger partial charge in [0.2, 0.25) is 0 Å². The number of anilines is 1. The summed E-state index contributed by atoms with van der Waals surface area (Å²) >= 11 is 0. The number of hydrogen-bond acceptors (Lipinski definition) is 2. The van der Waals surface area contributed by atoms with Gasteiger partial charge in [0, 0.05) is 13.2 Å². The summed E-state index contributed by atoms with van der Waals surface area (Å²) < 4.78 is 39.0. The second-order valence-corrected chi connectivity index (χ2v) is 3.10. The van der Waals surface area contributed by atoms with E-state index < -0.39 is 12.2 Å². The lowest BCUT2D eigenvalue weighted by Gasteiger charge is -2.31. The van der Waals surface area contributed by atoms with Crippen LogP contribution in [0.3, 0.4) is 0 Å². The number of hydrogen-bond donors (Lipinski definition) is 0. The van der Waals surface area contributed by atoms with Crippen LogP contribution in [0.2, 0.25) is 0 Å². The molecule has 0 aromatic carbocycles. The van der Waals surface area contributed by atoms with E-state index in [2.05, 4.69) is 4.98 Å². The molecule has 1 aromatic rings. The first-order chi connectivity index (χ1) is 6.50. The van der Waals surface area contributed by atoms with Crippen LogP contribution in [0.5, 0.6) is 0 Å². The third-order valence-electron chi connectivity index (χ3n) is 2.19. The molecule has 0 saturated carbocycles. The van der Waals surface area contributed by atoms with Crippen molar-refractivity contribution in [3.05, 3.63) is 18.6 Å². The fraction of sp³-hybridized carbons (Fsp3) is 0.375. The van der Waals surface area contributed by atoms with Gasteiger partial charge in [-0.15, -0.1) is 0 Å². The van der Waals surface area contributed by atoms with Gasteiger partial charge in [-0.25, -0.2) is 4.98 Å². The minimum atomic E-state index is -4.25. The molecule has 76 valence electrons. The number of likely N-dealkylation sites (N-methyl/N-ethyl adjacent to an activating group) is 1. The van der Waals surface area contributed by atoms with Crippen molar-refractivity contribution in [3.63, 3.8) is 0 Å². The number of alkyl halides is 3. The van der Waals surface area contributed by atoms with E-state index in [0.717, 1.165) is 11.0 Å². The van der Waals surface area contributed by atoms with Crippen LogP contribution >= 0.6 is 0 Å². The minimum Gasteiger partial charge on any atom is -0.344 e. The zero-order valence-electron chi connectivity index (χ0n) is 7.36. The second-order valence-electron chi connectivity index (χ2n) is 3.10. The number of halogens is 3. The van der Waals surface area contributed by atoms with E-state index in [1.54, 1.807) is 4.57 Å². The van der Waals surface area contributed by atoms with E-state index in [0.29, 0.717) is 5.82 Å². The monoisotopic (exact) mass is 203 g/mol. The lowest BCUT2D eigenvalue weighted by Crippen LogP contribution is -2.44. The van der Waals surface area contributed by atoms with Gasteiger partial charge in [-0.3, -0.25) is 4.57 Å². The number of fused-ring (bicyclic) bond motifs is 1. The van der Waals surface area contributed by atoms with Crippen LogP contribution in [0.25, 0.3) is 6.20 Å². The quantitative estimate of drug-likeness (QED) is 0.640. The maximum Gasteiger partial charge on any atom is 0.412 e. The van der Waals surface area contributed by atoms with Crippen molar-refractivity contribution in [2.75, 3.05) is 11.9 Å². The zero-order chi connectivity index (χ0) is 10.3. The van der Waals surface area contributed by atoms with E-state index in [4.69, 9.17) is 0 Å². The van der Waals surface area contributed by atoms with Gasteiger partial charge in [0.05, 0.1) is 6.20 Å². The van der Waals surface area contributed by atoms with Crippen molar-refractivity contribution >= 4 is 12.0 Å². The third kappa shape index (κ3) is 1.26. The summed E-state index contributed by atoms with van der Waals surface area (Å²) in [5.74, 6) is 0.440. The smallest absolute Gasteiger partial charge is 0.344 e. The van der Waals surface area contributed by atoms with E-state index in [1.807, 2.05) is 0 Å². The van der Waals surface area contributed by atoms with Gasteiger partial charge < -0.3 is 4.90 Å². The highest BCUT2D eigenvalue weighted by molar-refractivity contribution is 5.52. The Labute approximate surface area is 78.5 Å². The van der Waals surface area contributed by atoms with Crippen molar-refractivity contribution in [1.82, 2.24) is 9.55 Å². The Bertz CT molecular complexity index is 366. The molecule has 2 rings (SSSR count). The average Bonchev–Trinajstić information content (AvgIpc) is 2.50. The fourth-order valence-corrected chi connectivity index (χ4v) is 1.46.